The molecule has 0 bridgehead atoms. The van der Waals surface area contributed by atoms with E-state index in [4.69, 9.17) is 14.2 Å². The molecule has 0 aliphatic heterocycles. The minimum atomic E-state index is -0.819. The van der Waals surface area contributed by atoms with E-state index in [0.29, 0.717) is 19.3 Å². The molecule has 0 aromatic carbocycles. The largest absolute Gasteiger partial charge is 0.462 e. The standard InChI is InChI=1S/C56H92O6/c1-4-7-10-13-16-19-22-25-28-31-34-37-40-43-46-49-55(58)61-52-53(51-60-54(57)48-45-42-39-36-33-30-27-24-21-18-15-12-9-6-3)62-56(59)50-47-44-41-38-35-32-29-26-23-20-17-14-11-8-5-2/h15-20,24-29,34-35,37-38,53H,4-14,21-23,30-33,36,39-52H2,1-3H3/b18-15-,19-16-,20-17-,27-24-,28-25-,29-26-,37-34-,38-35-/t53-/m1/s1. The smallest absolute Gasteiger partial charge is 0.306 e. The van der Waals surface area contributed by atoms with E-state index in [0.717, 1.165) is 103 Å². The number of allylic oxidation sites excluding steroid dienone is 16. The van der Waals surface area contributed by atoms with Crippen molar-refractivity contribution in [2.75, 3.05) is 13.2 Å². The molecule has 352 valence electrons. The summed E-state index contributed by atoms with van der Waals surface area (Å²) < 4.78 is 16.7. The van der Waals surface area contributed by atoms with Crippen LogP contribution in [0.3, 0.4) is 0 Å². The lowest BCUT2D eigenvalue weighted by atomic mass is 10.1. The van der Waals surface area contributed by atoms with Crippen LogP contribution >= 0.6 is 0 Å². The molecule has 0 fully saturated rings. The fraction of sp³-hybridized carbons (Fsp3) is 0.661. The zero-order valence-electron chi connectivity index (χ0n) is 40.1. The van der Waals surface area contributed by atoms with Crippen molar-refractivity contribution < 1.29 is 28.6 Å². The summed E-state index contributed by atoms with van der Waals surface area (Å²) in [6.07, 6.45) is 65.3. The predicted molar refractivity (Wildman–Crippen MR) is 265 cm³/mol. The molecule has 0 saturated heterocycles. The van der Waals surface area contributed by atoms with Crippen molar-refractivity contribution in [2.45, 2.75) is 226 Å². The molecular formula is C56H92O6. The van der Waals surface area contributed by atoms with Crippen LogP contribution in [-0.4, -0.2) is 37.2 Å². The van der Waals surface area contributed by atoms with Gasteiger partial charge in [0, 0.05) is 19.3 Å². The molecule has 0 N–H and O–H groups in total. The van der Waals surface area contributed by atoms with Crippen molar-refractivity contribution in [1.82, 2.24) is 0 Å². The van der Waals surface area contributed by atoms with E-state index in [2.05, 4.69) is 118 Å². The van der Waals surface area contributed by atoms with Crippen LogP contribution in [0.4, 0.5) is 0 Å². The molecule has 0 amide bonds. The van der Waals surface area contributed by atoms with Gasteiger partial charge < -0.3 is 14.2 Å². The van der Waals surface area contributed by atoms with Crippen LogP contribution < -0.4 is 0 Å². The third-order valence-electron chi connectivity index (χ3n) is 10.3. The molecule has 6 heteroatoms. The number of unbranched alkanes of at least 4 members (excludes halogenated alkanes) is 17. The fourth-order valence-corrected chi connectivity index (χ4v) is 6.41. The zero-order valence-corrected chi connectivity index (χ0v) is 40.1. The highest BCUT2D eigenvalue weighted by atomic mass is 16.6. The average molecular weight is 861 g/mol. The summed E-state index contributed by atoms with van der Waals surface area (Å²) in [7, 11) is 0. The van der Waals surface area contributed by atoms with Gasteiger partial charge >= 0.3 is 17.9 Å². The van der Waals surface area contributed by atoms with Crippen LogP contribution in [-0.2, 0) is 28.6 Å². The molecular weight excluding hydrogens is 769 g/mol. The summed E-state index contributed by atoms with van der Waals surface area (Å²) in [5, 5.41) is 0. The van der Waals surface area contributed by atoms with Gasteiger partial charge in [-0.2, -0.15) is 0 Å². The Morgan fingerprint density at radius 3 is 0.984 bits per heavy atom. The molecule has 1 atom stereocenters. The summed E-state index contributed by atoms with van der Waals surface area (Å²) >= 11 is 0. The van der Waals surface area contributed by atoms with Gasteiger partial charge in [-0.25, -0.2) is 0 Å². The maximum Gasteiger partial charge on any atom is 0.306 e. The Morgan fingerprint density at radius 1 is 0.323 bits per heavy atom. The molecule has 62 heavy (non-hydrogen) atoms. The number of hydrogen-bond donors (Lipinski definition) is 0. The maximum absolute atomic E-state index is 12.8. The second kappa shape index (κ2) is 50.0. The van der Waals surface area contributed by atoms with E-state index in [-0.39, 0.29) is 37.5 Å². The molecule has 0 unspecified atom stereocenters. The summed E-state index contributed by atoms with van der Waals surface area (Å²) in [5.74, 6) is -1.01. The highest BCUT2D eigenvalue weighted by Crippen LogP contribution is 2.11. The molecule has 0 aromatic rings. The summed E-state index contributed by atoms with van der Waals surface area (Å²) in [5.41, 5.74) is 0. The molecule has 0 aromatic heterocycles. The van der Waals surface area contributed by atoms with E-state index in [9.17, 15) is 14.4 Å². The number of esters is 3. The minimum absolute atomic E-state index is 0.114. The summed E-state index contributed by atoms with van der Waals surface area (Å²) in [6, 6.07) is 0. The molecule has 0 spiro atoms. The summed E-state index contributed by atoms with van der Waals surface area (Å²) in [4.78, 5) is 37.9. The Bertz CT molecular complexity index is 1260. The van der Waals surface area contributed by atoms with Gasteiger partial charge in [0.2, 0.25) is 0 Å². The number of hydrogen-bond acceptors (Lipinski definition) is 6. The Balaban J connectivity index is 4.55. The van der Waals surface area contributed by atoms with Crippen LogP contribution in [0.25, 0.3) is 0 Å². The number of carbonyl (C=O) groups excluding carboxylic acids is 3. The number of carbonyl (C=O) groups is 3. The SMILES string of the molecule is CCCC/C=C\C/C=C\CCCCCCCC(=O)OC[C@H](COC(=O)CCCC/C=C\C/C=C\C/C=C\CCCCC)OC(=O)CCCC/C=C\C/C=C\C/C=C\CCCCC. The summed E-state index contributed by atoms with van der Waals surface area (Å²) in [6.45, 7) is 6.44. The first-order valence-corrected chi connectivity index (χ1v) is 25.2. The van der Waals surface area contributed by atoms with Crippen molar-refractivity contribution in [1.29, 1.82) is 0 Å². The van der Waals surface area contributed by atoms with E-state index < -0.39 is 6.10 Å². The van der Waals surface area contributed by atoms with E-state index in [1.807, 2.05) is 0 Å². The van der Waals surface area contributed by atoms with Gasteiger partial charge in [0.1, 0.15) is 13.2 Å². The van der Waals surface area contributed by atoms with E-state index in [1.165, 1.54) is 70.6 Å². The first-order valence-electron chi connectivity index (χ1n) is 25.2. The zero-order chi connectivity index (χ0) is 45.1. The van der Waals surface area contributed by atoms with Crippen molar-refractivity contribution in [2.24, 2.45) is 0 Å². The number of ether oxygens (including phenoxy) is 3. The van der Waals surface area contributed by atoms with Crippen molar-refractivity contribution >= 4 is 17.9 Å². The quantitative estimate of drug-likeness (QED) is 0.0263. The van der Waals surface area contributed by atoms with Crippen LogP contribution in [0.2, 0.25) is 0 Å². The third kappa shape index (κ3) is 47.4. The normalized spacial score (nSPS) is 12.9. The van der Waals surface area contributed by atoms with Crippen molar-refractivity contribution in [3.8, 4) is 0 Å². The molecule has 0 aliphatic carbocycles. The Morgan fingerprint density at radius 2 is 0.597 bits per heavy atom. The van der Waals surface area contributed by atoms with Crippen LogP contribution in [0.1, 0.15) is 220 Å². The third-order valence-corrected chi connectivity index (χ3v) is 10.3. The Labute approximate surface area is 381 Å². The Kier molecular flexibility index (Phi) is 47.0. The molecule has 0 radical (unpaired) electrons. The fourth-order valence-electron chi connectivity index (χ4n) is 6.41. The minimum Gasteiger partial charge on any atom is -0.462 e. The van der Waals surface area contributed by atoms with Gasteiger partial charge in [-0.3, -0.25) is 14.4 Å². The predicted octanol–water partition coefficient (Wildman–Crippen LogP) is 16.6. The van der Waals surface area contributed by atoms with Gasteiger partial charge in [0.05, 0.1) is 0 Å². The van der Waals surface area contributed by atoms with Gasteiger partial charge in [0.25, 0.3) is 0 Å². The number of rotatable bonds is 44. The van der Waals surface area contributed by atoms with Crippen LogP contribution in [0.15, 0.2) is 97.2 Å². The lowest BCUT2D eigenvalue weighted by molar-refractivity contribution is -0.167. The highest BCUT2D eigenvalue weighted by molar-refractivity contribution is 5.71. The molecule has 0 aliphatic rings. The highest BCUT2D eigenvalue weighted by Gasteiger charge is 2.19. The lowest BCUT2D eigenvalue weighted by Gasteiger charge is -2.18. The lowest BCUT2D eigenvalue weighted by Crippen LogP contribution is -2.30. The molecule has 6 nitrogen and oxygen atoms in total. The van der Waals surface area contributed by atoms with Crippen molar-refractivity contribution in [3.05, 3.63) is 97.2 Å². The monoisotopic (exact) mass is 861 g/mol. The first-order chi connectivity index (χ1) is 30.5. The van der Waals surface area contributed by atoms with Gasteiger partial charge in [-0.15, -0.1) is 0 Å². The van der Waals surface area contributed by atoms with Gasteiger partial charge in [-0.1, -0.05) is 176 Å². The van der Waals surface area contributed by atoms with Gasteiger partial charge in [0.15, 0.2) is 6.10 Å². The van der Waals surface area contributed by atoms with Gasteiger partial charge in [-0.05, 0) is 122 Å². The molecule has 0 rings (SSSR count). The topological polar surface area (TPSA) is 78.9 Å². The second-order valence-electron chi connectivity index (χ2n) is 16.4. The van der Waals surface area contributed by atoms with E-state index in [1.54, 1.807) is 0 Å². The van der Waals surface area contributed by atoms with E-state index >= 15 is 0 Å². The maximum atomic E-state index is 12.8. The second-order valence-corrected chi connectivity index (χ2v) is 16.4. The van der Waals surface area contributed by atoms with Crippen LogP contribution in [0, 0.1) is 0 Å². The first kappa shape index (κ1) is 58.3. The van der Waals surface area contributed by atoms with Crippen LogP contribution in [0.5, 0.6) is 0 Å². The van der Waals surface area contributed by atoms with Crippen molar-refractivity contribution in [3.63, 3.8) is 0 Å². The molecule has 0 heterocycles. The Hall–Kier alpha value is -3.67. The average Bonchev–Trinajstić information content (AvgIpc) is 3.27. The molecule has 0 saturated carbocycles.